The third-order valence-electron chi connectivity index (χ3n) is 3.88. The highest BCUT2D eigenvalue weighted by Gasteiger charge is 2.20. The number of unbranched alkanes of at least 4 members (excludes halogenated alkanes) is 9. The van der Waals surface area contributed by atoms with Gasteiger partial charge in [-0.25, -0.2) is 0 Å². The Kier molecular flexibility index (Phi) is 13.1. The monoisotopic (exact) mass is 301 g/mol. The molecule has 5 heteroatoms. The van der Waals surface area contributed by atoms with E-state index in [0.717, 1.165) is 19.3 Å². The lowest BCUT2D eigenvalue weighted by atomic mass is 10.0. The van der Waals surface area contributed by atoms with Gasteiger partial charge in [-0.15, -0.1) is 0 Å². The molecule has 1 atom stereocenters. The molecule has 0 bridgehead atoms. The van der Waals surface area contributed by atoms with Crippen LogP contribution in [0.2, 0.25) is 0 Å². The van der Waals surface area contributed by atoms with Crippen LogP contribution in [0.15, 0.2) is 0 Å². The van der Waals surface area contributed by atoms with Crippen molar-refractivity contribution in [3.05, 3.63) is 10.1 Å². The summed E-state index contributed by atoms with van der Waals surface area (Å²) in [6.45, 7) is 2.22. The van der Waals surface area contributed by atoms with Crippen LogP contribution in [0, 0.1) is 10.1 Å². The maximum absolute atomic E-state index is 10.8. The number of nitrogens with zero attached hydrogens (tertiary/aromatic N) is 1. The highest BCUT2D eigenvalue weighted by Crippen LogP contribution is 2.14. The summed E-state index contributed by atoms with van der Waals surface area (Å²) in [7, 11) is 0. The molecule has 0 heterocycles. The van der Waals surface area contributed by atoms with Gasteiger partial charge in [0.15, 0.2) is 0 Å². The molecular weight excluding hydrogens is 270 g/mol. The van der Waals surface area contributed by atoms with Crippen molar-refractivity contribution in [1.82, 2.24) is 0 Å². The Morgan fingerprint density at radius 1 is 0.952 bits per heavy atom. The summed E-state index contributed by atoms with van der Waals surface area (Å²) in [4.78, 5) is 20.9. The number of carboxylic acids is 1. The Labute approximate surface area is 128 Å². The van der Waals surface area contributed by atoms with Gasteiger partial charge >= 0.3 is 5.97 Å². The minimum Gasteiger partial charge on any atom is -0.481 e. The second-order valence-corrected chi connectivity index (χ2v) is 5.84. The molecule has 0 aliphatic carbocycles. The molecule has 124 valence electrons. The maximum Gasteiger partial charge on any atom is 0.303 e. The SMILES string of the molecule is CCCCCCCCCCCCC(CCC(=O)O)[N+](=O)[O-]. The van der Waals surface area contributed by atoms with Gasteiger partial charge in [-0.1, -0.05) is 64.7 Å². The van der Waals surface area contributed by atoms with E-state index in [9.17, 15) is 14.9 Å². The molecule has 0 aromatic heterocycles. The second kappa shape index (κ2) is 13.8. The maximum atomic E-state index is 10.8. The van der Waals surface area contributed by atoms with Crippen molar-refractivity contribution in [2.45, 2.75) is 96.4 Å². The van der Waals surface area contributed by atoms with Crippen LogP contribution in [-0.4, -0.2) is 22.0 Å². The van der Waals surface area contributed by atoms with Crippen LogP contribution in [0.4, 0.5) is 0 Å². The second-order valence-electron chi connectivity index (χ2n) is 5.84. The van der Waals surface area contributed by atoms with Crippen molar-refractivity contribution >= 4 is 5.97 Å². The van der Waals surface area contributed by atoms with Crippen LogP contribution < -0.4 is 0 Å². The third kappa shape index (κ3) is 13.6. The quantitative estimate of drug-likeness (QED) is 0.267. The lowest BCUT2D eigenvalue weighted by Crippen LogP contribution is -2.20. The molecule has 0 amide bonds. The van der Waals surface area contributed by atoms with Gasteiger partial charge in [-0.2, -0.15) is 0 Å². The smallest absolute Gasteiger partial charge is 0.303 e. The molecule has 0 aliphatic rings. The normalized spacial score (nSPS) is 12.2. The van der Waals surface area contributed by atoms with Gasteiger partial charge < -0.3 is 5.11 Å². The van der Waals surface area contributed by atoms with E-state index in [1.807, 2.05) is 0 Å². The molecule has 1 N–H and O–H groups in total. The molecule has 0 fully saturated rings. The Morgan fingerprint density at radius 3 is 1.86 bits per heavy atom. The van der Waals surface area contributed by atoms with Crippen LogP contribution in [0.25, 0.3) is 0 Å². The Balaban J connectivity index is 3.45. The zero-order valence-corrected chi connectivity index (χ0v) is 13.4. The zero-order valence-electron chi connectivity index (χ0n) is 13.4. The standard InChI is InChI=1S/C16H31NO4/c1-2-3-4-5-6-7-8-9-10-11-12-15(17(20)21)13-14-16(18)19/h15H,2-14H2,1H3,(H,18,19). The first-order chi connectivity index (χ1) is 10.1. The predicted octanol–water partition coefficient (Wildman–Crippen LogP) is 4.81. The summed E-state index contributed by atoms with van der Waals surface area (Å²) in [6, 6.07) is -0.685. The Hall–Kier alpha value is -1.13. The third-order valence-corrected chi connectivity index (χ3v) is 3.88. The van der Waals surface area contributed by atoms with Crippen molar-refractivity contribution in [1.29, 1.82) is 0 Å². The predicted molar refractivity (Wildman–Crippen MR) is 84.1 cm³/mol. The van der Waals surface area contributed by atoms with Crippen molar-refractivity contribution in [3.63, 3.8) is 0 Å². The van der Waals surface area contributed by atoms with E-state index < -0.39 is 12.0 Å². The number of hydrogen-bond acceptors (Lipinski definition) is 3. The zero-order chi connectivity index (χ0) is 15.9. The molecule has 0 saturated carbocycles. The van der Waals surface area contributed by atoms with E-state index in [1.54, 1.807) is 0 Å². The molecule has 5 nitrogen and oxygen atoms in total. The molecular formula is C16H31NO4. The lowest BCUT2D eigenvalue weighted by molar-refractivity contribution is -0.524. The van der Waals surface area contributed by atoms with Crippen LogP contribution in [0.1, 0.15) is 90.4 Å². The topological polar surface area (TPSA) is 80.4 Å². The summed E-state index contributed by atoms with van der Waals surface area (Å²) < 4.78 is 0. The summed E-state index contributed by atoms with van der Waals surface area (Å²) in [5.41, 5.74) is 0. The van der Waals surface area contributed by atoms with Gasteiger partial charge in [-0.05, 0) is 6.42 Å². The number of hydrogen-bond donors (Lipinski definition) is 1. The Morgan fingerprint density at radius 2 is 1.43 bits per heavy atom. The van der Waals surface area contributed by atoms with Crippen molar-refractivity contribution in [2.75, 3.05) is 0 Å². The van der Waals surface area contributed by atoms with Gasteiger partial charge in [-0.3, -0.25) is 14.9 Å². The fourth-order valence-electron chi connectivity index (χ4n) is 2.51. The molecule has 0 aliphatic heterocycles. The van der Waals surface area contributed by atoms with E-state index >= 15 is 0 Å². The van der Waals surface area contributed by atoms with Gasteiger partial charge in [0.05, 0.1) is 6.42 Å². The van der Waals surface area contributed by atoms with Gasteiger partial charge in [0.25, 0.3) is 0 Å². The minimum atomic E-state index is -0.954. The summed E-state index contributed by atoms with van der Waals surface area (Å²) in [5.74, 6) is -0.954. The molecule has 0 aromatic rings. The minimum absolute atomic E-state index is 0.108. The van der Waals surface area contributed by atoms with Crippen molar-refractivity contribution in [2.24, 2.45) is 0 Å². The van der Waals surface area contributed by atoms with Gasteiger partial charge in [0, 0.05) is 17.8 Å². The van der Waals surface area contributed by atoms with E-state index in [-0.39, 0.29) is 17.8 Å². The molecule has 1 unspecified atom stereocenters. The van der Waals surface area contributed by atoms with Gasteiger partial charge in [0.1, 0.15) is 0 Å². The fourth-order valence-corrected chi connectivity index (χ4v) is 2.51. The molecule has 0 saturated heterocycles. The Bertz CT molecular complexity index is 281. The number of carbonyl (C=O) groups is 1. The fraction of sp³-hybridized carbons (Fsp3) is 0.938. The first-order valence-electron chi connectivity index (χ1n) is 8.43. The summed E-state index contributed by atoms with van der Waals surface area (Å²) in [6.07, 6.45) is 12.6. The number of nitro groups is 1. The van der Waals surface area contributed by atoms with Crippen molar-refractivity contribution in [3.8, 4) is 0 Å². The molecule has 0 rings (SSSR count). The van der Waals surface area contributed by atoms with E-state index in [1.165, 1.54) is 44.9 Å². The van der Waals surface area contributed by atoms with E-state index in [2.05, 4.69) is 6.92 Å². The lowest BCUT2D eigenvalue weighted by Gasteiger charge is -2.08. The summed E-state index contributed by atoms with van der Waals surface area (Å²) >= 11 is 0. The van der Waals surface area contributed by atoms with Crippen molar-refractivity contribution < 1.29 is 14.8 Å². The first kappa shape index (κ1) is 19.9. The van der Waals surface area contributed by atoms with E-state index in [4.69, 9.17) is 5.11 Å². The summed E-state index contributed by atoms with van der Waals surface area (Å²) in [5, 5.41) is 19.4. The average molecular weight is 301 g/mol. The molecule has 0 spiro atoms. The van der Waals surface area contributed by atoms with Crippen LogP contribution >= 0.6 is 0 Å². The number of carboxylic acid groups (broad SMARTS) is 1. The molecule has 0 aromatic carbocycles. The first-order valence-corrected chi connectivity index (χ1v) is 8.43. The van der Waals surface area contributed by atoms with Crippen LogP contribution in [-0.2, 0) is 4.79 Å². The highest BCUT2D eigenvalue weighted by atomic mass is 16.6. The number of rotatable bonds is 15. The molecule has 21 heavy (non-hydrogen) atoms. The molecule has 0 radical (unpaired) electrons. The van der Waals surface area contributed by atoms with Crippen LogP contribution in [0.5, 0.6) is 0 Å². The number of aliphatic carboxylic acids is 1. The highest BCUT2D eigenvalue weighted by molar-refractivity contribution is 5.66. The average Bonchev–Trinajstić information content (AvgIpc) is 2.43. The van der Waals surface area contributed by atoms with E-state index in [0.29, 0.717) is 6.42 Å². The van der Waals surface area contributed by atoms with Gasteiger partial charge in [0.2, 0.25) is 6.04 Å². The largest absolute Gasteiger partial charge is 0.481 e. The van der Waals surface area contributed by atoms with Crippen LogP contribution in [0.3, 0.4) is 0 Å².